The van der Waals surface area contributed by atoms with Crippen molar-refractivity contribution in [3.8, 4) is 0 Å². The molecule has 3 aromatic rings. The summed E-state index contributed by atoms with van der Waals surface area (Å²) in [4.78, 5) is 28.9. The molecular formula is C22H17Cl2FN2O2S. The lowest BCUT2D eigenvalue weighted by Crippen LogP contribution is -2.35. The van der Waals surface area contributed by atoms with Gasteiger partial charge in [0.15, 0.2) is 0 Å². The minimum atomic E-state index is -0.732. The molecule has 8 heteroatoms. The highest BCUT2D eigenvalue weighted by Crippen LogP contribution is 2.28. The first-order valence-corrected chi connectivity index (χ1v) is 10.9. The van der Waals surface area contributed by atoms with Crippen LogP contribution in [0.5, 0.6) is 0 Å². The van der Waals surface area contributed by atoms with Crippen molar-refractivity contribution in [1.82, 2.24) is 4.90 Å². The van der Waals surface area contributed by atoms with Gasteiger partial charge in [0.05, 0.1) is 15.6 Å². The number of amides is 2. The van der Waals surface area contributed by atoms with Crippen LogP contribution >= 0.6 is 34.5 Å². The molecule has 1 aliphatic heterocycles. The Labute approximate surface area is 187 Å². The summed E-state index contributed by atoms with van der Waals surface area (Å²) in [5, 5.41) is 4.66. The third kappa shape index (κ3) is 3.95. The van der Waals surface area contributed by atoms with Crippen LogP contribution < -0.4 is 5.32 Å². The Kier molecular flexibility index (Phi) is 5.82. The summed E-state index contributed by atoms with van der Waals surface area (Å²) in [5.74, 6) is -1.40. The molecule has 2 amide bonds. The first kappa shape index (κ1) is 20.8. The van der Waals surface area contributed by atoms with Crippen LogP contribution in [0.1, 0.15) is 36.7 Å². The molecule has 2 aromatic carbocycles. The Bertz CT molecular complexity index is 1160. The molecule has 0 aliphatic carbocycles. The summed E-state index contributed by atoms with van der Waals surface area (Å²) in [6.07, 6.45) is 0.842. The molecule has 0 unspecified atom stereocenters. The van der Waals surface area contributed by atoms with Gasteiger partial charge in [0, 0.05) is 29.2 Å². The summed E-state index contributed by atoms with van der Waals surface area (Å²) in [5.41, 5.74) is 2.76. The van der Waals surface area contributed by atoms with Gasteiger partial charge in [0.1, 0.15) is 5.82 Å². The third-order valence-corrected chi connectivity index (χ3v) is 6.79. The highest BCUT2D eigenvalue weighted by molar-refractivity contribution is 7.10. The zero-order chi connectivity index (χ0) is 21.4. The molecule has 4 rings (SSSR count). The molecular weight excluding hydrogens is 446 g/mol. The molecule has 1 N–H and O–H groups in total. The predicted molar refractivity (Wildman–Crippen MR) is 118 cm³/mol. The van der Waals surface area contributed by atoms with E-state index < -0.39 is 11.7 Å². The Morgan fingerprint density at radius 3 is 2.73 bits per heavy atom. The number of benzene rings is 2. The molecule has 0 bridgehead atoms. The lowest BCUT2D eigenvalue weighted by Gasteiger charge is -2.28. The van der Waals surface area contributed by atoms with Crippen molar-refractivity contribution >= 4 is 52.0 Å². The van der Waals surface area contributed by atoms with Gasteiger partial charge >= 0.3 is 0 Å². The number of halogens is 3. The van der Waals surface area contributed by atoms with Gasteiger partial charge in [-0.05, 0) is 60.2 Å². The van der Waals surface area contributed by atoms with Gasteiger partial charge in [-0.15, -0.1) is 11.3 Å². The second-order valence-corrected chi connectivity index (χ2v) is 8.84. The van der Waals surface area contributed by atoms with Crippen molar-refractivity contribution in [3.63, 3.8) is 0 Å². The number of carbonyl (C=O) groups excluding carboxylic acids is 2. The Balaban J connectivity index is 1.57. The molecule has 154 valence electrons. The van der Waals surface area contributed by atoms with Crippen molar-refractivity contribution in [2.75, 3.05) is 11.9 Å². The van der Waals surface area contributed by atoms with E-state index in [4.69, 9.17) is 23.2 Å². The van der Waals surface area contributed by atoms with Crippen LogP contribution in [-0.4, -0.2) is 23.3 Å². The number of hydrogen-bond donors (Lipinski definition) is 1. The van der Waals surface area contributed by atoms with Gasteiger partial charge in [-0.25, -0.2) is 4.39 Å². The fourth-order valence-electron chi connectivity index (χ4n) is 3.48. The Morgan fingerprint density at radius 1 is 1.13 bits per heavy atom. The van der Waals surface area contributed by atoms with E-state index in [1.807, 2.05) is 10.3 Å². The molecule has 0 saturated heterocycles. The van der Waals surface area contributed by atoms with Crippen LogP contribution in [0.3, 0.4) is 0 Å². The van der Waals surface area contributed by atoms with Crippen molar-refractivity contribution < 1.29 is 14.0 Å². The van der Waals surface area contributed by atoms with Crippen LogP contribution in [0.15, 0.2) is 41.8 Å². The number of carbonyl (C=O) groups is 2. The van der Waals surface area contributed by atoms with E-state index in [0.29, 0.717) is 29.9 Å². The average Bonchev–Trinajstić information content (AvgIpc) is 3.19. The maximum atomic E-state index is 13.8. The largest absolute Gasteiger partial charge is 0.334 e. The fourth-order valence-corrected chi connectivity index (χ4v) is 4.84. The number of nitrogens with zero attached hydrogens (tertiary/aromatic N) is 1. The minimum Gasteiger partial charge on any atom is -0.334 e. The van der Waals surface area contributed by atoms with Gasteiger partial charge in [0.2, 0.25) is 0 Å². The van der Waals surface area contributed by atoms with E-state index in [2.05, 4.69) is 11.4 Å². The molecule has 0 saturated carbocycles. The first-order chi connectivity index (χ1) is 14.3. The molecule has 0 atom stereocenters. The second kappa shape index (κ2) is 8.38. The smallest absolute Gasteiger partial charge is 0.257 e. The monoisotopic (exact) mass is 462 g/mol. The van der Waals surface area contributed by atoms with E-state index in [-0.39, 0.29) is 21.5 Å². The maximum Gasteiger partial charge on any atom is 0.257 e. The number of thiophene rings is 1. The molecule has 0 fully saturated rings. The summed E-state index contributed by atoms with van der Waals surface area (Å²) in [6, 6.07) is 9.38. The summed E-state index contributed by atoms with van der Waals surface area (Å²) >= 11 is 13.5. The van der Waals surface area contributed by atoms with Gasteiger partial charge in [-0.3, -0.25) is 9.59 Å². The lowest BCUT2D eigenvalue weighted by molar-refractivity contribution is 0.0735. The number of hydrogen-bond acceptors (Lipinski definition) is 3. The summed E-state index contributed by atoms with van der Waals surface area (Å²) < 4.78 is 13.8. The van der Waals surface area contributed by atoms with Gasteiger partial charge < -0.3 is 10.2 Å². The zero-order valence-electron chi connectivity index (χ0n) is 16.0. The lowest BCUT2D eigenvalue weighted by atomic mass is 10.0. The minimum absolute atomic E-state index is 0.0317. The van der Waals surface area contributed by atoms with Gasteiger partial charge in [-0.1, -0.05) is 29.3 Å². The highest BCUT2D eigenvalue weighted by Gasteiger charge is 2.24. The normalized spacial score (nSPS) is 13.1. The molecule has 0 radical (unpaired) electrons. The Hall–Kier alpha value is -2.41. The quantitative estimate of drug-likeness (QED) is 0.488. The van der Waals surface area contributed by atoms with Crippen LogP contribution in [-0.2, 0) is 13.0 Å². The molecule has 1 aromatic heterocycles. The summed E-state index contributed by atoms with van der Waals surface area (Å²) in [7, 11) is 0. The fraction of sp³-hybridized carbons (Fsp3) is 0.182. The molecule has 30 heavy (non-hydrogen) atoms. The van der Waals surface area contributed by atoms with Crippen LogP contribution in [0.25, 0.3) is 0 Å². The zero-order valence-corrected chi connectivity index (χ0v) is 18.3. The number of rotatable bonds is 3. The van der Waals surface area contributed by atoms with Crippen molar-refractivity contribution in [2.45, 2.75) is 19.9 Å². The highest BCUT2D eigenvalue weighted by atomic mass is 35.5. The van der Waals surface area contributed by atoms with Crippen LogP contribution in [0.2, 0.25) is 10.0 Å². The molecule has 1 aliphatic rings. The van der Waals surface area contributed by atoms with Gasteiger partial charge in [0.25, 0.3) is 11.8 Å². The number of fused-ring (bicyclic) bond motifs is 1. The topological polar surface area (TPSA) is 49.4 Å². The van der Waals surface area contributed by atoms with Crippen molar-refractivity contribution in [1.29, 1.82) is 0 Å². The number of nitrogens with one attached hydrogen (secondary N) is 1. The maximum absolute atomic E-state index is 13.8. The third-order valence-electron chi connectivity index (χ3n) is 5.16. The SMILES string of the molecule is Cc1c(NC(=O)c2cc(F)c(Cl)cc2Cl)cccc1C(=O)N1CCc2sccc2C1. The van der Waals surface area contributed by atoms with E-state index in [1.165, 1.54) is 16.5 Å². The van der Waals surface area contributed by atoms with Gasteiger partial charge in [-0.2, -0.15) is 0 Å². The standard InChI is InChI=1S/C22H17Cl2FN2O2S/c1-12-14(22(29)27-7-5-20-13(11-27)6-8-30-20)3-2-4-19(12)26-21(28)15-9-18(25)17(24)10-16(15)23/h2-4,6,8-10H,5,7,11H2,1H3,(H,26,28). The summed E-state index contributed by atoms with van der Waals surface area (Å²) in [6.45, 7) is 3.00. The van der Waals surface area contributed by atoms with E-state index >= 15 is 0 Å². The second-order valence-electron chi connectivity index (χ2n) is 7.02. The Morgan fingerprint density at radius 2 is 1.93 bits per heavy atom. The van der Waals surface area contributed by atoms with Crippen molar-refractivity contribution in [3.05, 3.63) is 84.8 Å². The van der Waals surface area contributed by atoms with E-state index in [9.17, 15) is 14.0 Å². The average molecular weight is 463 g/mol. The van der Waals surface area contributed by atoms with Crippen molar-refractivity contribution in [2.24, 2.45) is 0 Å². The van der Waals surface area contributed by atoms with E-state index in [0.717, 1.165) is 12.5 Å². The first-order valence-electron chi connectivity index (χ1n) is 9.25. The van der Waals surface area contributed by atoms with Crippen LogP contribution in [0.4, 0.5) is 10.1 Å². The molecule has 2 heterocycles. The molecule has 4 nitrogen and oxygen atoms in total. The van der Waals surface area contributed by atoms with E-state index in [1.54, 1.807) is 36.5 Å². The predicted octanol–water partition coefficient (Wildman–Crippen LogP) is 5.95. The van der Waals surface area contributed by atoms with Crippen LogP contribution in [0, 0.1) is 12.7 Å². The number of anilines is 1. The molecule has 0 spiro atoms.